The molecule has 0 saturated carbocycles. The van der Waals surface area contributed by atoms with Crippen molar-refractivity contribution in [2.45, 2.75) is 25.6 Å². The van der Waals surface area contributed by atoms with Gasteiger partial charge in [-0.25, -0.2) is 0 Å². The van der Waals surface area contributed by atoms with Crippen molar-refractivity contribution in [1.29, 1.82) is 0 Å². The van der Waals surface area contributed by atoms with Gasteiger partial charge in [-0.15, -0.1) is 0 Å². The van der Waals surface area contributed by atoms with Crippen molar-refractivity contribution in [1.82, 2.24) is 0 Å². The summed E-state index contributed by atoms with van der Waals surface area (Å²) in [5.41, 5.74) is 1.53. The van der Waals surface area contributed by atoms with Gasteiger partial charge in [-0.2, -0.15) is 0 Å². The molecule has 1 unspecified atom stereocenters. The van der Waals surface area contributed by atoms with Gasteiger partial charge in [0.2, 0.25) is 0 Å². The van der Waals surface area contributed by atoms with Gasteiger partial charge in [0.25, 0.3) is 0 Å². The van der Waals surface area contributed by atoms with E-state index in [9.17, 15) is 0 Å². The molecule has 0 aliphatic heterocycles. The molecule has 18 heavy (non-hydrogen) atoms. The van der Waals surface area contributed by atoms with Crippen LogP contribution in [-0.4, -0.2) is 7.11 Å². The smallest absolute Gasteiger partial charge is 0.119 e. The zero-order chi connectivity index (χ0) is 13.3. The van der Waals surface area contributed by atoms with Gasteiger partial charge in [-0.1, -0.05) is 54.9 Å². The van der Waals surface area contributed by atoms with Crippen LogP contribution in [0.1, 0.15) is 31.2 Å². The standard InChI is InChI=1S/C16H19BrO/c1-16(2,3)15(17)13-6-5-12-10-14(18-4)8-7-11(12)9-13/h5-10,15H,1-4H3. The molecule has 2 aromatic rings. The maximum atomic E-state index is 5.24. The molecule has 0 N–H and O–H groups in total. The number of hydrogen-bond donors (Lipinski definition) is 0. The highest BCUT2D eigenvalue weighted by atomic mass is 79.9. The lowest BCUT2D eigenvalue weighted by molar-refractivity contribution is 0.407. The van der Waals surface area contributed by atoms with Crippen LogP contribution in [0.15, 0.2) is 36.4 Å². The number of alkyl halides is 1. The fourth-order valence-electron chi connectivity index (χ4n) is 2.03. The number of hydrogen-bond acceptors (Lipinski definition) is 1. The van der Waals surface area contributed by atoms with Crippen LogP contribution < -0.4 is 4.74 Å². The third-order valence-corrected chi connectivity index (χ3v) is 5.03. The summed E-state index contributed by atoms with van der Waals surface area (Å²) in [6.45, 7) is 6.72. The normalized spacial score (nSPS) is 13.6. The minimum Gasteiger partial charge on any atom is -0.497 e. The van der Waals surface area contributed by atoms with Crippen LogP contribution in [0, 0.1) is 5.41 Å². The Balaban J connectivity index is 2.45. The van der Waals surface area contributed by atoms with Gasteiger partial charge >= 0.3 is 0 Å². The SMILES string of the molecule is COc1ccc2cc(C(Br)C(C)(C)C)ccc2c1. The minimum absolute atomic E-state index is 0.208. The largest absolute Gasteiger partial charge is 0.497 e. The minimum atomic E-state index is 0.208. The predicted octanol–water partition coefficient (Wildman–Crippen LogP) is 5.33. The summed E-state index contributed by atoms with van der Waals surface area (Å²) in [6.07, 6.45) is 0. The van der Waals surface area contributed by atoms with Crippen LogP contribution in [0.2, 0.25) is 0 Å². The number of methoxy groups -OCH3 is 1. The summed E-state index contributed by atoms with van der Waals surface area (Å²) in [4.78, 5) is 0.358. The number of ether oxygens (including phenoxy) is 1. The molecular weight excluding hydrogens is 288 g/mol. The van der Waals surface area contributed by atoms with Crippen LogP contribution in [-0.2, 0) is 0 Å². The highest BCUT2D eigenvalue weighted by Crippen LogP contribution is 2.40. The maximum absolute atomic E-state index is 5.24. The van der Waals surface area contributed by atoms with Crippen LogP contribution in [0.5, 0.6) is 5.75 Å². The van der Waals surface area contributed by atoms with E-state index >= 15 is 0 Å². The Hall–Kier alpha value is -1.02. The van der Waals surface area contributed by atoms with E-state index in [4.69, 9.17) is 4.74 Å². The molecule has 0 saturated heterocycles. The van der Waals surface area contributed by atoms with Gasteiger partial charge < -0.3 is 4.74 Å². The lowest BCUT2D eigenvalue weighted by Crippen LogP contribution is -2.12. The molecule has 0 radical (unpaired) electrons. The summed E-state index contributed by atoms with van der Waals surface area (Å²) in [6, 6.07) is 12.8. The first-order valence-corrected chi connectivity index (χ1v) is 7.05. The van der Waals surface area contributed by atoms with E-state index in [1.54, 1.807) is 7.11 Å². The van der Waals surface area contributed by atoms with E-state index in [2.05, 4.69) is 67.0 Å². The van der Waals surface area contributed by atoms with Crippen molar-refractivity contribution in [3.63, 3.8) is 0 Å². The molecule has 0 aliphatic carbocycles. The van der Waals surface area contributed by atoms with Crippen molar-refractivity contribution >= 4 is 26.7 Å². The highest BCUT2D eigenvalue weighted by molar-refractivity contribution is 9.09. The van der Waals surface area contributed by atoms with Gasteiger partial charge in [0.1, 0.15) is 5.75 Å². The van der Waals surface area contributed by atoms with E-state index in [0.29, 0.717) is 4.83 Å². The number of halogens is 1. The van der Waals surface area contributed by atoms with Crippen LogP contribution >= 0.6 is 15.9 Å². The lowest BCUT2D eigenvalue weighted by Gasteiger charge is -2.26. The number of fused-ring (bicyclic) bond motifs is 1. The molecular formula is C16H19BrO. The Kier molecular flexibility index (Phi) is 3.67. The van der Waals surface area contributed by atoms with E-state index in [-0.39, 0.29) is 5.41 Å². The van der Waals surface area contributed by atoms with Crippen molar-refractivity contribution in [3.8, 4) is 5.75 Å². The molecule has 0 bridgehead atoms. The molecule has 0 heterocycles. The summed E-state index contributed by atoms with van der Waals surface area (Å²) in [5, 5.41) is 2.47. The molecule has 96 valence electrons. The quantitative estimate of drug-likeness (QED) is 0.681. The Morgan fingerprint density at radius 1 is 1.00 bits per heavy atom. The fourth-order valence-corrected chi connectivity index (χ4v) is 2.31. The fraction of sp³-hybridized carbons (Fsp3) is 0.375. The van der Waals surface area contributed by atoms with E-state index in [1.165, 1.54) is 16.3 Å². The Morgan fingerprint density at radius 2 is 1.61 bits per heavy atom. The third-order valence-electron chi connectivity index (χ3n) is 3.12. The third kappa shape index (κ3) is 2.69. The van der Waals surface area contributed by atoms with Crippen molar-refractivity contribution in [2.75, 3.05) is 7.11 Å². The number of benzene rings is 2. The lowest BCUT2D eigenvalue weighted by atomic mass is 9.87. The second-order valence-electron chi connectivity index (χ2n) is 5.70. The Bertz CT molecular complexity index is 555. The van der Waals surface area contributed by atoms with Gasteiger partial charge in [0.05, 0.1) is 7.11 Å². The second-order valence-corrected chi connectivity index (χ2v) is 6.62. The molecule has 2 heteroatoms. The molecule has 1 nitrogen and oxygen atoms in total. The zero-order valence-corrected chi connectivity index (χ0v) is 12.9. The first-order valence-electron chi connectivity index (χ1n) is 6.13. The van der Waals surface area contributed by atoms with Crippen LogP contribution in [0.3, 0.4) is 0 Å². The molecule has 2 aromatic carbocycles. The van der Waals surface area contributed by atoms with Crippen LogP contribution in [0.25, 0.3) is 10.8 Å². The first kappa shape index (κ1) is 13.4. The topological polar surface area (TPSA) is 9.23 Å². The van der Waals surface area contributed by atoms with Gasteiger partial charge in [0.15, 0.2) is 0 Å². The van der Waals surface area contributed by atoms with Crippen molar-refractivity contribution < 1.29 is 4.74 Å². The first-order chi connectivity index (χ1) is 8.41. The number of rotatable bonds is 2. The Morgan fingerprint density at radius 3 is 2.22 bits per heavy atom. The van der Waals surface area contributed by atoms with Crippen molar-refractivity contribution in [2.24, 2.45) is 5.41 Å². The summed E-state index contributed by atoms with van der Waals surface area (Å²) in [7, 11) is 1.70. The molecule has 0 aliphatic rings. The monoisotopic (exact) mass is 306 g/mol. The molecule has 0 spiro atoms. The molecule has 0 aromatic heterocycles. The average molecular weight is 307 g/mol. The van der Waals surface area contributed by atoms with E-state index < -0.39 is 0 Å². The average Bonchev–Trinajstić information content (AvgIpc) is 2.35. The summed E-state index contributed by atoms with van der Waals surface area (Å²) in [5.74, 6) is 0.904. The molecule has 2 rings (SSSR count). The predicted molar refractivity (Wildman–Crippen MR) is 81.6 cm³/mol. The highest BCUT2D eigenvalue weighted by Gasteiger charge is 2.23. The summed E-state index contributed by atoms with van der Waals surface area (Å²) >= 11 is 3.80. The summed E-state index contributed by atoms with van der Waals surface area (Å²) < 4.78 is 5.24. The van der Waals surface area contributed by atoms with E-state index in [1.807, 2.05) is 6.07 Å². The van der Waals surface area contributed by atoms with E-state index in [0.717, 1.165) is 5.75 Å². The molecule has 0 fully saturated rings. The molecule has 1 atom stereocenters. The zero-order valence-electron chi connectivity index (χ0n) is 11.3. The Labute approximate surface area is 117 Å². The van der Waals surface area contributed by atoms with Crippen LogP contribution in [0.4, 0.5) is 0 Å². The van der Waals surface area contributed by atoms with Gasteiger partial charge in [0, 0.05) is 4.83 Å². The second kappa shape index (κ2) is 4.93. The van der Waals surface area contributed by atoms with Gasteiger partial charge in [-0.05, 0) is 39.9 Å². The maximum Gasteiger partial charge on any atom is 0.119 e. The van der Waals surface area contributed by atoms with Gasteiger partial charge in [-0.3, -0.25) is 0 Å². The molecule has 0 amide bonds. The van der Waals surface area contributed by atoms with Crippen molar-refractivity contribution in [3.05, 3.63) is 42.0 Å².